The van der Waals surface area contributed by atoms with Crippen molar-refractivity contribution in [3.05, 3.63) is 86.4 Å². The van der Waals surface area contributed by atoms with E-state index in [0.717, 1.165) is 11.3 Å². The molecule has 36 heavy (non-hydrogen) atoms. The zero-order valence-corrected chi connectivity index (χ0v) is 23.0. The van der Waals surface area contributed by atoms with E-state index in [4.69, 9.17) is 62.7 Å². The molecule has 2 N–H and O–H groups in total. The highest BCUT2D eigenvalue weighted by molar-refractivity contribution is 6.53. The summed E-state index contributed by atoms with van der Waals surface area (Å²) in [4.78, 5) is 26.0. The Hall–Kier alpha value is -2.15. The maximum absolute atomic E-state index is 13.1. The van der Waals surface area contributed by atoms with Gasteiger partial charge in [0, 0.05) is 36.3 Å². The van der Waals surface area contributed by atoms with Gasteiger partial charge in [0.1, 0.15) is 4.33 Å². The standard InChI is InChI=1S/C26H21Cl5N2O3/c1-32-15-5-3-13(4-6-15)9-21(34)17-12-16(7-8-18(17)27)33-25(35)23-22(26(23,30)31)14-10-19(28)24(36-2)20(29)11-14/h3-8,10-12,22-23,32H,9H2,1-2H3,(H,33,35). The van der Waals surface area contributed by atoms with Crippen LogP contribution in [0.5, 0.6) is 5.75 Å². The zero-order chi connectivity index (χ0) is 26.2. The summed E-state index contributed by atoms with van der Waals surface area (Å²) >= 11 is 31.7. The largest absolute Gasteiger partial charge is 0.494 e. The molecule has 3 aromatic rings. The van der Waals surface area contributed by atoms with E-state index in [0.29, 0.717) is 27.6 Å². The minimum absolute atomic E-state index is 0.164. The number of nitrogens with one attached hydrogen (secondary N) is 2. The molecule has 0 radical (unpaired) electrons. The van der Waals surface area contributed by atoms with Gasteiger partial charge in [0.05, 0.1) is 28.1 Å². The Morgan fingerprint density at radius 1 is 0.917 bits per heavy atom. The first-order chi connectivity index (χ1) is 17.1. The summed E-state index contributed by atoms with van der Waals surface area (Å²) < 4.78 is 3.82. The fourth-order valence-corrected chi connectivity index (χ4v) is 5.84. The van der Waals surface area contributed by atoms with Gasteiger partial charge >= 0.3 is 0 Å². The third-order valence-electron chi connectivity index (χ3n) is 6.06. The molecular weight excluding hydrogens is 566 g/mol. The average Bonchev–Trinajstić information content (AvgIpc) is 3.42. The van der Waals surface area contributed by atoms with Gasteiger partial charge in [-0.05, 0) is 53.6 Å². The Morgan fingerprint density at radius 3 is 2.11 bits per heavy atom. The van der Waals surface area contributed by atoms with E-state index >= 15 is 0 Å². The van der Waals surface area contributed by atoms with Crippen LogP contribution in [0.4, 0.5) is 11.4 Å². The smallest absolute Gasteiger partial charge is 0.231 e. The van der Waals surface area contributed by atoms with Crippen LogP contribution in [0.25, 0.3) is 0 Å². The third kappa shape index (κ3) is 5.41. The molecule has 188 valence electrons. The third-order valence-corrected chi connectivity index (χ3v) is 7.89. The van der Waals surface area contributed by atoms with Crippen molar-refractivity contribution in [2.75, 3.05) is 24.8 Å². The molecule has 0 spiro atoms. The Kier molecular flexibility index (Phi) is 7.98. The van der Waals surface area contributed by atoms with Crippen molar-refractivity contribution in [1.82, 2.24) is 0 Å². The fourth-order valence-electron chi connectivity index (χ4n) is 4.13. The number of halogens is 5. The summed E-state index contributed by atoms with van der Waals surface area (Å²) in [6.07, 6.45) is 0.164. The van der Waals surface area contributed by atoms with Crippen LogP contribution in [0, 0.1) is 5.92 Å². The second-order valence-electron chi connectivity index (χ2n) is 8.38. The average molecular weight is 587 g/mol. The van der Waals surface area contributed by atoms with E-state index in [1.54, 1.807) is 30.3 Å². The number of ether oxygens (including phenoxy) is 1. The maximum atomic E-state index is 13.1. The summed E-state index contributed by atoms with van der Waals surface area (Å²) in [5.74, 6) is -1.55. The van der Waals surface area contributed by atoms with E-state index in [1.807, 2.05) is 31.3 Å². The summed E-state index contributed by atoms with van der Waals surface area (Å²) in [6.45, 7) is 0. The molecule has 1 aliphatic rings. The fraction of sp³-hybridized carbons (Fsp3) is 0.231. The van der Waals surface area contributed by atoms with Gasteiger partial charge in [0.15, 0.2) is 11.5 Å². The number of hydrogen-bond donors (Lipinski definition) is 2. The SMILES string of the molecule is CNc1ccc(CC(=O)c2cc(NC(=O)C3C(c4cc(Cl)c(OC)c(Cl)c4)C3(Cl)Cl)ccc2Cl)cc1. The van der Waals surface area contributed by atoms with Crippen molar-refractivity contribution in [3.8, 4) is 5.75 Å². The van der Waals surface area contributed by atoms with Crippen LogP contribution in [-0.4, -0.2) is 30.2 Å². The van der Waals surface area contributed by atoms with Crippen molar-refractivity contribution in [2.24, 2.45) is 5.92 Å². The van der Waals surface area contributed by atoms with Crippen LogP contribution in [0.2, 0.25) is 15.1 Å². The molecule has 10 heteroatoms. The maximum Gasteiger partial charge on any atom is 0.231 e. The summed E-state index contributed by atoms with van der Waals surface area (Å²) in [5, 5.41) is 6.70. The quantitative estimate of drug-likeness (QED) is 0.210. The number of hydrogen-bond acceptors (Lipinski definition) is 4. The minimum Gasteiger partial charge on any atom is -0.494 e. The van der Waals surface area contributed by atoms with Crippen LogP contribution in [0.3, 0.4) is 0 Å². The van der Waals surface area contributed by atoms with Gasteiger partial charge in [-0.1, -0.05) is 46.9 Å². The lowest BCUT2D eigenvalue weighted by molar-refractivity contribution is -0.117. The van der Waals surface area contributed by atoms with E-state index in [-0.39, 0.29) is 22.2 Å². The van der Waals surface area contributed by atoms with Crippen LogP contribution in [0.1, 0.15) is 27.4 Å². The van der Waals surface area contributed by atoms with Crippen molar-refractivity contribution in [2.45, 2.75) is 16.7 Å². The molecule has 1 fully saturated rings. The molecular formula is C26H21Cl5N2O3. The number of methoxy groups -OCH3 is 1. The first-order valence-corrected chi connectivity index (χ1v) is 12.8. The molecule has 1 aliphatic carbocycles. The number of rotatable bonds is 8. The van der Waals surface area contributed by atoms with Crippen molar-refractivity contribution < 1.29 is 14.3 Å². The van der Waals surface area contributed by atoms with Gasteiger partial charge in [-0.3, -0.25) is 9.59 Å². The molecule has 0 aromatic heterocycles. The van der Waals surface area contributed by atoms with Crippen LogP contribution in [0.15, 0.2) is 54.6 Å². The number of anilines is 2. The van der Waals surface area contributed by atoms with Gasteiger partial charge in [0.2, 0.25) is 5.91 Å². The van der Waals surface area contributed by atoms with Gasteiger partial charge in [-0.15, -0.1) is 23.2 Å². The van der Waals surface area contributed by atoms with Gasteiger partial charge < -0.3 is 15.4 Å². The molecule has 0 aliphatic heterocycles. The highest BCUT2D eigenvalue weighted by atomic mass is 35.5. The number of ketones is 1. The molecule has 0 bridgehead atoms. The number of Topliss-reactive ketones (excluding diaryl/α,β-unsaturated/α-hetero) is 1. The highest BCUT2D eigenvalue weighted by Crippen LogP contribution is 2.65. The highest BCUT2D eigenvalue weighted by Gasteiger charge is 2.67. The predicted molar refractivity (Wildman–Crippen MR) is 148 cm³/mol. The van der Waals surface area contributed by atoms with Crippen LogP contribution in [-0.2, 0) is 11.2 Å². The predicted octanol–water partition coefficient (Wildman–Crippen LogP) is 7.65. The van der Waals surface area contributed by atoms with Gasteiger partial charge in [-0.25, -0.2) is 0 Å². The second-order valence-corrected chi connectivity index (χ2v) is 11.0. The number of amides is 1. The zero-order valence-electron chi connectivity index (χ0n) is 19.2. The number of carbonyl (C=O) groups excluding carboxylic acids is 2. The molecule has 4 rings (SSSR count). The molecule has 1 amide bonds. The Balaban J connectivity index is 1.50. The number of benzene rings is 3. The van der Waals surface area contributed by atoms with E-state index in [2.05, 4.69) is 10.6 Å². The normalized spacial score (nSPS) is 17.9. The second kappa shape index (κ2) is 10.7. The molecule has 0 heterocycles. The lowest BCUT2D eigenvalue weighted by Gasteiger charge is -2.10. The molecule has 5 nitrogen and oxygen atoms in total. The summed E-state index contributed by atoms with van der Waals surface area (Å²) in [6, 6.07) is 15.5. The van der Waals surface area contributed by atoms with E-state index in [1.165, 1.54) is 7.11 Å². The van der Waals surface area contributed by atoms with Crippen molar-refractivity contribution >= 4 is 81.1 Å². The first kappa shape index (κ1) is 26.9. The lowest BCUT2D eigenvalue weighted by atomic mass is 10.0. The monoisotopic (exact) mass is 584 g/mol. The lowest BCUT2D eigenvalue weighted by Crippen LogP contribution is -2.17. The van der Waals surface area contributed by atoms with Crippen LogP contribution < -0.4 is 15.4 Å². The molecule has 1 saturated carbocycles. The van der Waals surface area contributed by atoms with E-state index in [9.17, 15) is 9.59 Å². The van der Waals surface area contributed by atoms with Gasteiger partial charge in [0.25, 0.3) is 0 Å². The molecule has 2 unspecified atom stereocenters. The van der Waals surface area contributed by atoms with Crippen molar-refractivity contribution in [3.63, 3.8) is 0 Å². The Morgan fingerprint density at radius 2 is 1.53 bits per heavy atom. The Bertz CT molecular complexity index is 1300. The number of alkyl halides is 2. The van der Waals surface area contributed by atoms with E-state index < -0.39 is 22.1 Å². The first-order valence-electron chi connectivity index (χ1n) is 10.9. The Labute approximate surface area is 234 Å². The minimum atomic E-state index is -1.35. The summed E-state index contributed by atoms with van der Waals surface area (Å²) in [7, 11) is 3.28. The summed E-state index contributed by atoms with van der Waals surface area (Å²) in [5.41, 5.74) is 3.11. The molecule has 3 aromatic carbocycles. The molecule has 0 saturated heterocycles. The topological polar surface area (TPSA) is 67.4 Å². The molecule has 2 atom stereocenters. The van der Waals surface area contributed by atoms with Crippen LogP contribution >= 0.6 is 58.0 Å². The van der Waals surface area contributed by atoms with Gasteiger partial charge in [-0.2, -0.15) is 0 Å². The van der Waals surface area contributed by atoms with Crippen molar-refractivity contribution in [1.29, 1.82) is 0 Å². The number of carbonyl (C=O) groups is 2.